The molecular weight excluding hydrogens is 246 g/mol. The minimum atomic E-state index is -0.261. The first-order chi connectivity index (χ1) is 9.70. The summed E-state index contributed by atoms with van der Waals surface area (Å²) in [5.41, 5.74) is 4.43. The van der Waals surface area contributed by atoms with Gasteiger partial charge in [0.2, 0.25) is 0 Å². The predicted octanol–water partition coefficient (Wildman–Crippen LogP) is 4.23. The van der Waals surface area contributed by atoms with Crippen LogP contribution < -0.4 is 4.74 Å². The van der Waals surface area contributed by atoms with Gasteiger partial charge in [-0.05, 0) is 54.2 Å². The zero-order chi connectivity index (χ0) is 14.2. The Bertz CT molecular complexity index is 693. The van der Waals surface area contributed by atoms with Gasteiger partial charge < -0.3 is 4.74 Å². The lowest BCUT2D eigenvalue weighted by atomic mass is 9.87. The first-order valence-corrected chi connectivity index (χ1v) is 6.86. The third-order valence-corrected chi connectivity index (χ3v) is 4.13. The molecule has 0 aromatic heterocycles. The van der Waals surface area contributed by atoms with E-state index < -0.39 is 0 Å². The normalized spacial score (nSPS) is 15.4. The Morgan fingerprint density at radius 1 is 1.10 bits per heavy atom. The van der Waals surface area contributed by atoms with Crippen LogP contribution in [0.15, 0.2) is 42.5 Å². The fraction of sp³-hybridized carbons (Fsp3) is 0.278. The Labute approximate surface area is 119 Å². The molecule has 20 heavy (non-hydrogen) atoms. The lowest BCUT2D eigenvalue weighted by Gasteiger charge is -2.15. The summed E-state index contributed by atoms with van der Waals surface area (Å²) < 4.78 is 5.26. The summed E-state index contributed by atoms with van der Waals surface area (Å²) in [7, 11) is 1.68. The maximum absolute atomic E-state index is 9.46. The SMILES string of the molecule is COc1ccc(-c2ccccc2C2(C#N)CC2)c(C)c1. The van der Waals surface area contributed by atoms with Gasteiger partial charge in [-0.2, -0.15) is 5.26 Å². The van der Waals surface area contributed by atoms with Crippen LogP contribution in [-0.4, -0.2) is 7.11 Å². The molecule has 100 valence electrons. The van der Waals surface area contributed by atoms with Crippen molar-refractivity contribution in [1.29, 1.82) is 5.26 Å². The third kappa shape index (κ3) is 1.96. The lowest BCUT2D eigenvalue weighted by Crippen LogP contribution is -2.05. The molecule has 0 atom stereocenters. The Morgan fingerprint density at radius 3 is 2.45 bits per heavy atom. The van der Waals surface area contributed by atoms with Crippen LogP contribution in [0.5, 0.6) is 5.75 Å². The molecule has 0 N–H and O–H groups in total. The van der Waals surface area contributed by atoms with Crippen molar-refractivity contribution in [3.8, 4) is 22.9 Å². The number of ether oxygens (including phenoxy) is 1. The number of benzene rings is 2. The Morgan fingerprint density at radius 2 is 1.85 bits per heavy atom. The zero-order valence-electron chi connectivity index (χ0n) is 11.8. The molecule has 2 aromatic carbocycles. The number of nitriles is 1. The van der Waals surface area contributed by atoms with Gasteiger partial charge in [-0.15, -0.1) is 0 Å². The number of hydrogen-bond donors (Lipinski definition) is 0. The van der Waals surface area contributed by atoms with Crippen LogP contribution in [0.2, 0.25) is 0 Å². The second-order valence-corrected chi connectivity index (χ2v) is 5.42. The summed E-state index contributed by atoms with van der Waals surface area (Å²) in [6, 6.07) is 16.9. The maximum Gasteiger partial charge on any atom is 0.119 e. The van der Waals surface area contributed by atoms with Gasteiger partial charge in [0, 0.05) is 0 Å². The molecule has 2 nitrogen and oxygen atoms in total. The molecule has 3 rings (SSSR count). The van der Waals surface area contributed by atoms with E-state index in [1.807, 2.05) is 24.3 Å². The molecule has 2 heteroatoms. The highest BCUT2D eigenvalue weighted by Gasteiger charge is 2.46. The maximum atomic E-state index is 9.46. The molecule has 1 saturated carbocycles. The summed E-state index contributed by atoms with van der Waals surface area (Å²) in [6.45, 7) is 2.08. The van der Waals surface area contributed by atoms with Crippen molar-refractivity contribution in [2.45, 2.75) is 25.2 Å². The van der Waals surface area contributed by atoms with Gasteiger partial charge in [0.15, 0.2) is 0 Å². The number of nitrogens with zero attached hydrogens (tertiary/aromatic N) is 1. The number of hydrogen-bond acceptors (Lipinski definition) is 2. The van der Waals surface area contributed by atoms with E-state index in [0.29, 0.717) is 0 Å². The van der Waals surface area contributed by atoms with Gasteiger partial charge in [-0.3, -0.25) is 0 Å². The third-order valence-electron chi connectivity index (χ3n) is 4.13. The Kier molecular flexibility index (Phi) is 2.99. The monoisotopic (exact) mass is 263 g/mol. The van der Waals surface area contributed by atoms with Crippen LogP contribution in [0.4, 0.5) is 0 Å². The van der Waals surface area contributed by atoms with Crippen LogP contribution in [0, 0.1) is 18.3 Å². The van der Waals surface area contributed by atoms with Crippen LogP contribution in [-0.2, 0) is 5.41 Å². The fourth-order valence-corrected chi connectivity index (χ4v) is 2.77. The largest absolute Gasteiger partial charge is 0.497 e. The summed E-state index contributed by atoms with van der Waals surface area (Å²) in [5.74, 6) is 0.866. The van der Waals surface area contributed by atoms with Crippen molar-refractivity contribution in [2.24, 2.45) is 0 Å². The van der Waals surface area contributed by atoms with Gasteiger partial charge in [0.05, 0.1) is 18.6 Å². The summed E-state index contributed by atoms with van der Waals surface area (Å²) in [6.07, 6.45) is 1.94. The molecule has 0 amide bonds. The van der Waals surface area contributed by atoms with E-state index in [9.17, 15) is 5.26 Å². The van der Waals surface area contributed by atoms with Crippen molar-refractivity contribution >= 4 is 0 Å². The zero-order valence-corrected chi connectivity index (χ0v) is 11.8. The average molecular weight is 263 g/mol. The van der Waals surface area contributed by atoms with E-state index in [1.165, 1.54) is 16.7 Å². The van der Waals surface area contributed by atoms with Gasteiger partial charge >= 0.3 is 0 Å². The van der Waals surface area contributed by atoms with E-state index in [0.717, 1.165) is 24.2 Å². The lowest BCUT2D eigenvalue weighted by molar-refractivity contribution is 0.414. The van der Waals surface area contributed by atoms with Crippen molar-refractivity contribution in [2.75, 3.05) is 7.11 Å². The molecule has 0 heterocycles. The topological polar surface area (TPSA) is 33.0 Å². The first-order valence-electron chi connectivity index (χ1n) is 6.86. The van der Waals surface area contributed by atoms with Crippen LogP contribution in [0.25, 0.3) is 11.1 Å². The van der Waals surface area contributed by atoms with E-state index in [-0.39, 0.29) is 5.41 Å². The van der Waals surface area contributed by atoms with Gasteiger partial charge in [-0.1, -0.05) is 30.3 Å². The molecule has 0 aliphatic heterocycles. The summed E-state index contributed by atoms with van der Waals surface area (Å²) in [5, 5.41) is 9.46. The minimum absolute atomic E-state index is 0.261. The Balaban J connectivity index is 2.14. The van der Waals surface area contributed by atoms with Crippen LogP contribution in [0.1, 0.15) is 24.0 Å². The molecule has 1 fully saturated rings. The van der Waals surface area contributed by atoms with Gasteiger partial charge in [0.1, 0.15) is 5.75 Å². The number of aryl methyl sites for hydroxylation is 1. The standard InChI is InChI=1S/C18H17NO/c1-13-11-14(20-2)7-8-15(13)16-5-3-4-6-17(16)18(12-19)9-10-18/h3-8,11H,9-10H2,1-2H3. The van der Waals surface area contributed by atoms with Gasteiger partial charge in [0.25, 0.3) is 0 Å². The molecule has 1 aliphatic carbocycles. The molecule has 2 aromatic rings. The highest BCUT2D eigenvalue weighted by atomic mass is 16.5. The molecule has 0 spiro atoms. The first kappa shape index (κ1) is 12.7. The smallest absolute Gasteiger partial charge is 0.119 e. The fourth-order valence-electron chi connectivity index (χ4n) is 2.77. The van der Waals surface area contributed by atoms with E-state index in [1.54, 1.807) is 7.11 Å². The number of methoxy groups -OCH3 is 1. The Hall–Kier alpha value is -2.27. The van der Waals surface area contributed by atoms with E-state index in [4.69, 9.17) is 4.74 Å². The highest BCUT2D eigenvalue weighted by Crippen LogP contribution is 2.50. The molecule has 0 radical (unpaired) electrons. The van der Waals surface area contributed by atoms with E-state index >= 15 is 0 Å². The van der Waals surface area contributed by atoms with Crippen LogP contribution >= 0.6 is 0 Å². The summed E-state index contributed by atoms with van der Waals surface area (Å²) >= 11 is 0. The highest BCUT2D eigenvalue weighted by molar-refractivity contribution is 5.74. The molecule has 0 saturated heterocycles. The number of rotatable bonds is 3. The molecular formula is C18H17NO. The quantitative estimate of drug-likeness (QED) is 0.830. The van der Waals surface area contributed by atoms with Crippen LogP contribution in [0.3, 0.4) is 0 Å². The average Bonchev–Trinajstić information content (AvgIpc) is 3.28. The van der Waals surface area contributed by atoms with Gasteiger partial charge in [-0.25, -0.2) is 0 Å². The molecule has 0 bridgehead atoms. The van der Waals surface area contributed by atoms with E-state index in [2.05, 4.69) is 31.2 Å². The van der Waals surface area contributed by atoms with Crippen molar-refractivity contribution in [1.82, 2.24) is 0 Å². The molecule has 1 aliphatic rings. The predicted molar refractivity (Wildman–Crippen MR) is 79.7 cm³/mol. The second kappa shape index (κ2) is 4.68. The summed E-state index contributed by atoms with van der Waals surface area (Å²) in [4.78, 5) is 0. The molecule has 0 unspecified atom stereocenters. The minimum Gasteiger partial charge on any atom is -0.497 e. The van der Waals surface area contributed by atoms with Crippen molar-refractivity contribution in [3.63, 3.8) is 0 Å². The second-order valence-electron chi connectivity index (χ2n) is 5.42. The van der Waals surface area contributed by atoms with Crippen molar-refractivity contribution < 1.29 is 4.74 Å². The van der Waals surface area contributed by atoms with Crippen molar-refractivity contribution in [3.05, 3.63) is 53.6 Å².